The first-order chi connectivity index (χ1) is 9.19. The minimum absolute atomic E-state index is 0.150. The SMILES string of the molecule is Nc1nc(SCC(O)CO)nc(N2CCOCC2)n1. The summed E-state index contributed by atoms with van der Waals surface area (Å²) >= 11 is 1.24. The number of aliphatic hydroxyl groups excluding tert-OH is 2. The Morgan fingerprint density at radius 1 is 1.32 bits per heavy atom. The number of nitrogens with two attached hydrogens (primary N) is 1. The lowest BCUT2D eigenvalue weighted by Crippen LogP contribution is -2.37. The zero-order valence-electron chi connectivity index (χ0n) is 10.4. The Labute approximate surface area is 115 Å². The predicted molar refractivity (Wildman–Crippen MR) is 71.1 cm³/mol. The fourth-order valence-corrected chi connectivity index (χ4v) is 2.30. The highest BCUT2D eigenvalue weighted by Crippen LogP contribution is 2.19. The number of hydrogen-bond acceptors (Lipinski definition) is 9. The molecule has 106 valence electrons. The summed E-state index contributed by atoms with van der Waals surface area (Å²) in [5, 5.41) is 18.5. The second kappa shape index (κ2) is 6.85. The predicted octanol–water partition coefficient (Wildman–Crippen LogP) is -1.26. The Bertz CT molecular complexity index is 416. The Kier molecular flexibility index (Phi) is 5.14. The van der Waals surface area contributed by atoms with Gasteiger partial charge in [0.05, 0.1) is 25.9 Å². The van der Waals surface area contributed by atoms with Crippen molar-refractivity contribution >= 4 is 23.7 Å². The van der Waals surface area contributed by atoms with Crippen LogP contribution in [0.25, 0.3) is 0 Å². The Morgan fingerprint density at radius 2 is 2.05 bits per heavy atom. The molecule has 1 atom stereocenters. The first kappa shape index (κ1) is 14.3. The number of thioether (sulfide) groups is 1. The standard InChI is InChI=1S/C10H17N5O3S/c11-8-12-9(15-1-3-18-4-2-15)14-10(13-8)19-6-7(17)5-16/h7,16-17H,1-6H2,(H2,11,12,13,14). The Balaban J connectivity index is 2.05. The van der Waals surface area contributed by atoms with Gasteiger partial charge >= 0.3 is 0 Å². The monoisotopic (exact) mass is 287 g/mol. The molecular formula is C10H17N5O3S. The van der Waals surface area contributed by atoms with Gasteiger partial charge in [-0.3, -0.25) is 0 Å². The number of ether oxygens (including phenoxy) is 1. The van der Waals surface area contributed by atoms with E-state index in [0.717, 1.165) is 0 Å². The van der Waals surface area contributed by atoms with Gasteiger partial charge in [0.25, 0.3) is 0 Å². The molecule has 9 heteroatoms. The number of hydrogen-bond donors (Lipinski definition) is 3. The molecule has 0 amide bonds. The van der Waals surface area contributed by atoms with E-state index in [-0.39, 0.29) is 12.6 Å². The largest absolute Gasteiger partial charge is 0.394 e. The van der Waals surface area contributed by atoms with Crippen molar-refractivity contribution in [2.75, 3.05) is 49.3 Å². The van der Waals surface area contributed by atoms with Crippen molar-refractivity contribution in [1.82, 2.24) is 15.0 Å². The highest BCUT2D eigenvalue weighted by atomic mass is 32.2. The number of aliphatic hydroxyl groups is 2. The van der Waals surface area contributed by atoms with Crippen LogP contribution in [0.3, 0.4) is 0 Å². The normalized spacial score (nSPS) is 17.5. The van der Waals surface area contributed by atoms with Crippen LogP contribution in [0.4, 0.5) is 11.9 Å². The van der Waals surface area contributed by atoms with Gasteiger partial charge in [-0.25, -0.2) is 0 Å². The third-order valence-electron chi connectivity index (χ3n) is 2.53. The van der Waals surface area contributed by atoms with Crippen molar-refractivity contribution in [3.8, 4) is 0 Å². The topological polar surface area (TPSA) is 118 Å². The number of morpholine rings is 1. The average Bonchev–Trinajstić information content (AvgIpc) is 2.45. The Morgan fingerprint density at radius 3 is 2.74 bits per heavy atom. The lowest BCUT2D eigenvalue weighted by molar-refractivity contribution is 0.113. The summed E-state index contributed by atoms with van der Waals surface area (Å²) in [7, 11) is 0. The number of rotatable bonds is 5. The molecule has 19 heavy (non-hydrogen) atoms. The van der Waals surface area contributed by atoms with Crippen LogP contribution < -0.4 is 10.6 Å². The molecule has 2 rings (SSSR count). The summed E-state index contributed by atoms with van der Waals surface area (Å²) in [6, 6.07) is 0. The molecule has 1 aliphatic heterocycles. The van der Waals surface area contributed by atoms with Gasteiger partial charge in [-0.05, 0) is 0 Å². The third-order valence-corrected chi connectivity index (χ3v) is 3.52. The molecule has 0 radical (unpaired) electrons. The van der Waals surface area contributed by atoms with Gasteiger partial charge in [0.15, 0.2) is 5.16 Å². The van der Waals surface area contributed by atoms with Gasteiger partial charge in [-0.15, -0.1) is 0 Å². The summed E-state index contributed by atoms with van der Waals surface area (Å²) in [4.78, 5) is 14.4. The van der Waals surface area contributed by atoms with E-state index in [2.05, 4.69) is 15.0 Å². The first-order valence-electron chi connectivity index (χ1n) is 5.95. The molecule has 0 aliphatic carbocycles. The molecular weight excluding hydrogens is 270 g/mol. The molecule has 1 aromatic heterocycles. The summed E-state index contributed by atoms with van der Waals surface area (Å²) in [6.45, 7) is 2.41. The van der Waals surface area contributed by atoms with Crippen LogP contribution in [0.2, 0.25) is 0 Å². The van der Waals surface area contributed by atoms with Crippen molar-refractivity contribution < 1.29 is 14.9 Å². The fraction of sp³-hybridized carbons (Fsp3) is 0.700. The maximum Gasteiger partial charge on any atom is 0.231 e. The first-order valence-corrected chi connectivity index (χ1v) is 6.93. The molecule has 1 saturated heterocycles. The quantitative estimate of drug-likeness (QED) is 0.570. The van der Waals surface area contributed by atoms with Crippen LogP contribution >= 0.6 is 11.8 Å². The third kappa shape index (κ3) is 4.16. The van der Waals surface area contributed by atoms with Gasteiger partial charge in [0.1, 0.15) is 0 Å². The van der Waals surface area contributed by atoms with Crippen LogP contribution in [0.1, 0.15) is 0 Å². The van der Waals surface area contributed by atoms with Crippen molar-refractivity contribution in [1.29, 1.82) is 0 Å². The van der Waals surface area contributed by atoms with Gasteiger partial charge in [0, 0.05) is 18.8 Å². The molecule has 8 nitrogen and oxygen atoms in total. The van der Waals surface area contributed by atoms with Gasteiger partial charge in [-0.2, -0.15) is 15.0 Å². The van der Waals surface area contributed by atoms with Crippen molar-refractivity contribution in [2.24, 2.45) is 0 Å². The minimum atomic E-state index is -0.796. The van der Waals surface area contributed by atoms with E-state index in [0.29, 0.717) is 43.2 Å². The number of nitrogen functional groups attached to an aromatic ring is 1. The summed E-state index contributed by atoms with van der Waals surface area (Å²) < 4.78 is 5.27. The van der Waals surface area contributed by atoms with E-state index in [1.165, 1.54) is 11.8 Å². The lowest BCUT2D eigenvalue weighted by atomic mass is 10.4. The van der Waals surface area contributed by atoms with E-state index >= 15 is 0 Å². The van der Waals surface area contributed by atoms with Crippen LogP contribution in [0, 0.1) is 0 Å². The fourth-order valence-electron chi connectivity index (χ4n) is 1.55. The second-order valence-corrected chi connectivity index (χ2v) is 5.01. The van der Waals surface area contributed by atoms with E-state index in [1.807, 2.05) is 4.90 Å². The number of anilines is 2. The van der Waals surface area contributed by atoms with Gasteiger partial charge in [0.2, 0.25) is 11.9 Å². The maximum absolute atomic E-state index is 9.31. The van der Waals surface area contributed by atoms with Crippen LogP contribution in [0.15, 0.2) is 5.16 Å². The average molecular weight is 287 g/mol. The van der Waals surface area contributed by atoms with Crippen molar-refractivity contribution in [2.45, 2.75) is 11.3 Å². The molecule has 2 heterocycles. The molecule has 1 unspecified atom stereocenters. The smallest absolute Gasteiger partial charge is 0.231 e. The molecule has 1 aromatic rings. The molecule has 0 saturated carbocycles. The van der Waals surface area contributed by atoms with Crippen molar-refractivity contribution in [3.05, 3.63) is 0 Å². The summed E-state index contributed by atoms with van der Waals surface area (Å²) in [5.41, 5.74) is 5.66. The second-order valence-electron chi connectivity index (χ2n) is 4.02. The zero-order valence-corrected chi connectivity index (χ0v) is 11.2. The van der Waals surface area contributed by atoms with E-state index in [4.69, 9.17) is 15.6 Å². The summed E-state index contributed by atoms with van der Waals surface area (Å²) in [6.07, 6.45) is -0.796. The molecule has 1 aliphatic rings. The van der Waals surface area contributed by atoms with Crippen LogP contribution in [0.5, 0.6) is 0 Å². The maximum atomic E-state index is 9.31. The van der Waals surface area contributed by atoms with Gasteiger partial charge < -0.3 is 25.6 Å². The molecule has 1 fully saturated rings. The van der Waals surface area contributed by atoms with Crippen molar-refractivity contribution in [3.63, 3.8) is 0 Å². The molecule has 0 spiro atoms. The van der Waals surface area contributed by atoms with Gasteiger partial charge in [-0.1, -0.05) is 11.8 Å². The van der Waals surface area contributed by atoms with Crippen LogP contribution in [-0.2, 0) is 4.74 Å². The Hall–Kier alpha value is -1.16. The van der Waals surface area contributed by atoms with E-state index < -0.39 is 6.10 Å². The highest BCUT2D eigenvalue weighted by Gasteiger charge is 2.16. The zero-order chi connectivity index (χ0) is 13.7. The molecule has 0 bridgehead atoms. The van der Waals surface area contributed by atoms with E-state index in [9.17, 15) is 5.11 Å². The van der Waals surface area contributed by atoms with Crippen LogP contribution in [-0.4, -0.2) is 69.9 Å². The van der Waals surface area contributed by atoms with E-state index in [1.54, 1.807) is 0 Å². The molecule has 4 N–H and O–H groups in total. The summed E-state index contributed by atoms with van der Waals surface area (Å²) in [5.74, 6) is 0.983. The highest BCUT2D eigenvalue weighted by molar-refractivity contribution is 7.99. The lowest BCUT2D eigenvalue weighted by Gasteiger charge is -2.26. The minimum Gasteiger partial charge on any atom is -0.394 e. The molecule has 0 aromatic carbocycles. The number of nitrogens with zero attached hydrogens (tertiary/aromatic N) is 4. The number of aromatic nitrogens is 3.